The summed E-state index contributed by atoms with van der Waals surface area (Å²) in [5.41, 5.74) is 1.34. The van der Waals surface area contributed by atoms with Crippen LogP contribution in [0.5, 0.6) is 0 Å². The topological polar surface area (TPSA) is 70.8 Å². The molecule has 0 aliphatic carbocycles. The Hall–Kier alpha value is -1.83. The molecule has 1 aromatic carbocycles. The largest absolute Gasteiger partial charge is 0.459 e. The summed E-state index contributed by atoms with van der Waals surface area (Å²) in [6, 6.07) is 6.53. The molecule has 25 heavy (non-hydrogen) atoms. The van der Waals surface area contributed by atoms with Crippen molar-refractivity contribution in [3.05, 3.63) is 52.4 Å². The molecule has 0 spiro atoms. The van der Waals surface area contributed by atoms with Crippen molar-refractivity contribution in [2.75, 3.05) is 26.2 Å². The molecule has 0 saturated carbocycles. The van der Waals surface area contributed by atoms with Crippen LogP contribution in [-0.2, 0) is 10.0 Å². The van der Waals surface area contributed by atoms with Gasteiger partial charge in [0.1, 0.15) is 0 Å². The van der Waals surface area contributed by atoms with Gasteiger partial charge in [0.15, 0.2) is 5.76 Å². The van der Waals surface area contributed by atoms with E-state index in [1.54, 1.807) is 43.0 Å². The van der Waals surface area contributed by atoms with Crippen molar-refractivity contribution < 1.29 is 17.6 Å². The minimum absolute atomic E-state index is 0.222. The number of hydrogen-bond acceptors (Lipinski definition) is 4. The van der Waals surface area contributed by atoms with E-state index < -0.39 is 10.0 Å². The second-order valence-corrected chi connectivity index (χ2v) is 8.35. The maximum Gasteiger partial charge on any atom is 0.289 e. The van der Waals surface area contributed by atoms with Crippen LogP contribution in [0, 0.1) is 13.8 Å². The summed E-state index contributed by atoms with van der Waals surface area (Å²) < 4.78 is 32.4. The summed E-state index contributed by atoms with van der Waals surface area (Å²) in [6.45, 7) is 4.65. The molecular formula is C17H19ClN2O4S. The zero-order chi connectivity index (χ0) is 18.2. The van der Waals surface area contributed by atoms with Gasteiger partial charge in [-0.3, -0.25) is 4.79 Å². The molecule has 0 bridgehead atoms. The van der Waals surface area contributed by atoms with Crippen molar-refractivity contribution in [2.24, 2.45) is 0 Å². The van der Waals surface area contributed by atoms with Gasteiger partial charge >= 0.3 is 0 Å². The highest BCUT2D eigenvalue weighted by molar-refractivity contribution is 7.89. The Morgan fingerprint density at radius 2 is 1.80 bits per heavy atom. The number of sulfonamides is 1. The average Bonchev–Trinajstić information content (AvgIpc) is 3.12. The fraction of sp³-hybridized carbons (Fsp3) is 0.353. The Morgan fingerprint density at radius 3 is 2.40 bits per heavy atom. The predicted molar refractivity (Wildman–Crippen MR) is 94.3 cm³/mol. The number of aryl methyl sites for hydroxylation is 2. The van der Waals surface area contributed by atoms with Gasteiger partial charge in [0, 0.05) is 31.2 Å². The number of hydrogen-bond donors (Lipinski definition) is 0. The molecular weight excluding hydrogens is 364 g/mol. The van der Waals surface area contributed by atoms with E-state index in [9.17, 15) is 13.2 Å². The van der Waals surface area contributed by atoms with E-state index in [2.05, 4.69) is 0 Å². The highest BCUT2D eigenvalue weighted by Gasteiger charge is 2.32. The lowest BCUT2D eigenvalue weighted by Crippen LogP contribution is -2.50. The van der Waals surface area contributed by atoms with E-state index >= 15 is 0 Å². The van der Waals surface area contributed by atoms with E-state index in [0.29, 0.717) is 23.7 Å². The van der Waals surface area contributed by atoms with Crippen molar-refractivity contribution >= 4 is 27.5 Å². The lowest BCUT2D eigenvalue weighted by atomic mass is 10.2. The van der Waals surface area contributed by atoms with Gasteiger partial charge in [-0.25, -0.2) is 8.42 Å². The summed E-state index contributed by atoms with van der Waals surface area (Å²) in [4.78, 5) is 14.1. The maximum atomic E-state index is 12.9. The number of benzene rings is 1. The van der Waals surface area contributed by atoms with Crippen LogP contribution < -0.4 is 0 Å². The lowest BCUT2D eigenvalue weighted by Gasteiger charge is -2.33. The Labute approximate surface area is 152 Å². The van der Waals surface area contributed by atoms with Crippen molar-refractivity contribution in [3.8, 4) is 0 Å². The first-order valence-corrected chi connectivity index (χ1v) is 9.72. The molecule has 8 heteroatoms. The molecule has 0 unspecified atom stereocenters. The second kappa shape index (κ2) is 6.82. The van der Waals surface area contributed by atoms with Gasteiger partial charge < -0.3 is 9.32 Å². The molecule has 2 heterocycles. The fourth-order valence-electron chi connectivity index (χ4n) is 2.86. The summed E-state index contributed by atoms with van der Waals surface area (Å²) in [5, 5.41) is 0.547. The maximum absolute atomic E-state index is 12.9. The van der Waals surface area contributed by atoms with E-state index in [1.807, 2.05) is 0 Å². The first-order chi connectivity index (χ1) is 11.8. The summed E-state index contributed by atoms with van der Waals surface area (Å²) in [5.74, 6) is 0.0426. The Bertz CT molecular complexity index is 886. The molecule has 1 aromatic heterocycles. The first kappa shape index (κ1) is 18.0. The standard InChI is InChI=1S/C17H19ClN2O4S/c1-12-11-16(13(2)10-14(12)18)25(22,23)20-7-5-19(6-8-20)17(21)15-4-3-9-24-15/h3-4,9-11H,5-8H2,1-2H3. The molecule has 0 N–H and O–H groups in total. The van der Waals surface area contributed by atoms with Crippen LogP contribution in [0.1, 0.15) is 21.7 Å². The number of nitrogens with zero attached hydrogens (tertiary/aromatic N) is 2. The minimum atomic E-state index is -3.62. The molecule has 1 aliphatic rings. The predicted octanol–water partition coefficient (Wildman–Crippen LogP) is 2.70. The van der Waals surface area contributed by atoms with Crippen LogP contribution in [0.4, 0.5) is 0 Å². The van der Waals surface area contributed by atoms with Gasteiger partial charge in [0.05, 0.1) is 11.2 Å². The van der Waals surface area contributed by atoms with Gasteiger partial charge in [-0.05, 0) is 49.2 Å². The zero-order valence-corrected chi connectivity index (χ0v) is 15.6. The SMILES string of the molecule is Cc1cc(S(=O)(=O)N2CCN(C(=O)c3ccco3)CC2)c(C)cc1Cl. The minimum Gasteiger partial charge on any atom is -0.459 e. The van der Waals surface area contributed by atoms with E-state index in [0.717, 1.165) is 5.56 Å². The van der Waals surface area contributed by atoms with Crippen molar-refractivity contribution in [1.82, 2.24) is 9.21 Å². The van der Waals surface area contributed by atoms with Gasteiger partial charge in [-0.2, -0.15) is 4.31 Å². The number of amides is 1. The first-order valence-electron chi connectivity index (χ1n) is 7.90. The van der Waals surface area contributed by atoms with Crippen LogP contribution in [0.2, 0.25) is 5.02 Å². The number of furan rings is 1. The van der Waals surface area contributed by atoms with Crippen molar-refractivity contribution in [2.45, 2.75) is 18.7 Å². The molecule has 3 rings (SSSR count). The van der Waals surface area contributed by atoms with Crippen LogP contribution in [0.3, 0.4) is 0 Å². The van der Waals surface area contributed by atoms with Crippen LogP contribution in [0.25, 0.3) is 0 Å². The summed E-state index contributed by atoms with van der Waals surface area (Å²) in [7, 11) is -3.62. The molecule has 0 atom stereocenters. The smallest absolute Gasteiger partial charge is 0.289 e. The van der Waals surface area contributed by atoms with Crippen LogP contribution in [-0.4, -0.2) is 49.7 Å². The van der Waals surface area contributed by atoms with Crippen LogP contribution in [0.15, 0.2) is 39.8 Å². The highest BCUT2D eigenvalue weighted by atomic mass is 35.5. The summed E-state index contributed by atoms with van der Waals surface area (Å²) in [6.07, 6.45) is 1.44. The fourth-order valence-corrected chi connectivity index (χ4v) is 4.79. The molecule has 1 aliphatic heterocycles. The van der Waals surface area contributed by atoms with Gasteiger partial charge in [-0.15, -0.1) is 0 Å². The average molecular weight is 383 g/mol. The quantitative estimate of drug-likeness (QED) is 0.818. The summed E-state index contributed by atoms with van der Waals surface area (Å²) >= 11 is 6.06. The zero-order valence-electron chi connectivity index (χ0n) is 14.0. The lowest BCUT2D eigenvalue weighted by molar-refractivity contribution is 0.0666. The molecule has 1 amide bonds. The van der Waals surface area contributed by atoms with Crippen molar-refractivity contribution in [3.63, 3.8) is 0 Å². The van der Waals surface area contributed by atoms with Crippen molar-refractivity contribution in [1.29, 1.82) is 0 Å². The number of halogens is 1. The van der Waals surface area contributed by atoms with Gasteiger partial charge in [0.25, 0.3) is 5.91 Å². The molecule has 134 valence electrons. The molecule has 0 radical (unpaired) electrons. The monoisotopic (exact) mass is 382 g/mol. The van der Waals surface area contributed by atoms with Crippen LogP contribution >= 0.6 is 11.6 Å². The number of carbonyl (C=O) groups excluding carboxylic acids is 1. The Morgan fingerprint density at radius 1 is 1.12 bits per heavy atom. The third-order valence-electron chi connectivity index (χ3n) is 4.33. The van der Waals surface area contributed by atoms with E-state index in [4.69, 9.17) is 16.0 Å². The third-order valence-corrected chi connectivity index (χ3v) is 6.78. The van der Waals surface area contributed by atoms with E-state index in [-0.39, 0.29) is 29.7 Å². The molecule has 6 nitrogen and oxygen atoms in total. The number of piperazine rings is 1. The van der Waals surface area contributed by atoms with Gasteiger partial charge in [0.2, 0.25) is 10.0 Å². The normalized spacial score (nSPS) is 16.2. The second-order valence-electron chi connectivity index (χ2n) is 6.04. The number of rotatable bonds is 3. The third kappa shape index (κ3) is 3.44. The molecule has 1 fully saturated rings. The Balaban J connectivity index is 1.76. The molecule has 2 aromatic rings. The Kier molecular flexibility index (Phi) is 4.90. The van der Waals surface area contributed by atoms with Gasteiger partial charge in [-0.1, -0.05) is 11.6 Å². The highest BCUT2D eigenvalue weighted by Crippen LogP contribution is 2.27. The number of carbonyl (C=O) groups is 1. The van der Waals surface area contributed by atoms with E-state index in [1.165, 1.54) is 10.6 Å². The molecule has 1 saturated heterocycles.